The zero-order valence-electron chi connectivity index (χ0n) is 11.8. The van der Waals surface area contributed by atoms with Crippen molar-refractivity contribution in [1.82, 2.24) is 15.0 Å². The van der Waals surface area contributed by atoms with Crippen LogP contribution >= 0.6 is 0 Å². The number of aryl methyl sites for hydroxylation is 2. The molecule has 5 nitrogen and oxygen atoms in total. The van der Waals surface area contributed by atoms with Gasteiger partial charge in [-0.15, -0.1) is 5.10 Å². The number of hydrogen-bond donors (Lipinski definition) is 1. The lowest BCUT2D eigenvalue weighted by molar-refractivity contribution is 0.0737. The maximum absolute atomic E-state index is 9.86. The number of benzene rings is 1. The van der Waals surface area contributed by atoms with E-state index in [0.29, 0.717) is 5.69 Å². The number of aromatic nitrogens is 3. The summed E-state index contributed by atoms with van der Waals surface area (Å²) in [6, 6.07) is 6.34. The van der Waals surface area contributed by atoms with Crippen molar-refractivity contribution in [1.29, 1.82) is 0 Å². The monoisotopic (exact) mass is 273 g/mol. The zero-order valence-corrected chi connectivity index (χ0v) is 11.8. The van der Waals surface area contributed by atoms with Crippen molar-refractivity contribution >= 4 is 0 Å². The van der Waals surface area contributed by atoms with Gasteiger partial charge >= 0.3 is 0 Å². The third-order valence-electron chi connectivity index (χ3n) is 3.55. The van der Waals surface area contributed by atoms with Crippen molar-refractivity contribution < 1.29 is 9.84 Å². The maximum Gasteiger partial charge on any atom is 0.122 e. The summed E-state index contributed by atoms with van der Waals surface area (Å²) in [7, 11) is 0. The second-order valence-electron chi connectivity index (χ2n) is 5.72. The van der Waals surface area contributed by atoms with Crippen molar-refractivity contribution in [3.63, 3.8) is 0 Å². The molecular weight excluding hydrogens is 254 g/mol. The zero-order chi connectivity index (χ0) is 14.2. The lowest BCUT2D eigenvalue weighted by Gasteiger charge is -2.11. The van der Waals surface area contributed by atoms with Crippen LogP contribution in [0.15, 0.2) is 24.4 Å². The molecule has 2 aromatic rings. The molecule has 2 heterocycles. The molecule has 0 bridgehead atoms. The summed E-state index contributed by atoms with van der Waals surface area (Å²) in [6.07, 6.45) is 3.69. The van der Waals surface area contributed by atoms with E-state index in [1.54, 1.807) is 24.7 Å². The quantitative estimate of drug-likeness (QED) is 0.920. The molecule has 1 aromatic carbocycles. The Labute approximate surface area is 118 Å². The molecule has 0 radical (unpaired) electrons. The van der Waals surface area contributed by atoms with E-state index in [9.17, 15) is 5.11 Å². The second-order valence-corrected chi connectivity index (χ2v) is 5.72. The molecule has 106 valence electrons. The van der Waals surface area contributed by atoms with Gasteiger partial charge < -0.3 is 9.84 Å². The van der Waals surface area contributed by atoms with E-state index in [-0.39, 0.29) is 0 Å². The molecule has 0 spiro atoms. The number of ether oxygens (including phenoxy) is 1. The first kappa shape index (κ1) is 13.1. The number of fused-ring (bicyclic) bond motifs is 1. The van der Waals surface area contributed by atoms with Crippen LogP contribution in [0.4, 0.5) is 0 Å². The molecule has 20 heavy (non-hydrogen) atoms. The van der Waals surface area contributed by atoms with Gasteiger partial charge in [0, 0.05) is 13.0 Å². The van der Waals surface area contributed by atoms with Crippen molar-refractivity contribution in [2.24, 2.45) is 0 Å². The van der Waals surface area contributed by atoms with Crippen LogP contribution in [0.1, 0.15) is 30.7 Å². The molecule has 0 saturated heterocycles. The Hall–Kier alpha value is -1.88. The van der Waals surface area contributed by atoms with Gasteiger partial charge in [-0.05, 0) is 37.5 Å². The largest absolute Gasteiger partial charge is 0.493 e. The average Bonchev–Trinajstić information content (AvgIpc) is 3.04. The summed E-state index contributed by atoms with van der Waals surface area (Å²) in [5.41, 5.74) is 2.22. The molecule has 0 amide bonds. The third kappa shape index (κ3) is 2.67. The summed E-state index contributed by atoms with van der Waals surface area (Å²) < 4.78 is 7.28. The third-order valence-corrected chi connectivity index (χ3v) is 3.55. The summed E-state index contributed by atoms with van der Waals surface area (Å²) in [4.78, 5) is 0. The molecule has 1 aliphatic heterocycles. The summed E-state index contributed by atoms with van der Waals surface area (Å²) >= 11 is 0. The van der Waals surface area contributed by atoms with Crippen molar-refractivity contribution in [2.45, 2.75) is 38.8 Å². The van der Waals surface area contributed by atoms with E-state index in [2.05, 4.69) is 22.4 Å². The van der Waals surface area contributed by atoms with Crippen molar-refractivity contribution in [2.75, 3.05) is 6.61 Å². The SMILES string of the molecule is CC(C)(O)c1cn(CCc2ccc3c(c2)CCO3)nn1. The van der Waals surface area contributed by atoms with E-state index in [4.69, 9.17) is 4.74 Å². The van der Waals surface area contributed by atoms with Crippen LogP contribution in [-0.4, -0.2) is 26.7 Å². The highest BCUT2D eigenvalue weighted by Crippen LogP contribution is 2.26. The highest BCUT2D eigenvalue weighted by Gasteiger charge is 2.20. The number of hydrogen-bond acceptors (Lipinski definition) is 4. The van der Waals surface area contributed by atoms with E-state index in [1.807, 2.05) is 6.07 Å². The fourth-order valence-electron chi connectivity index (χ4n) is 2.33. The Balaban J connectivity index is 1.66. The van der Waals surface area contributed by atoms with Gasteiger partial charge in [0.25, 0.3) is 0 Å². The minimum absolute atomic E-state index is 0.597. The summed E-state index contributed by atoms with van der Waals surface area (Å²) in [5.74, 6) is 1.01. The van der Waals surface area contributed by atoms with Crippen LogP contribution in [-0.2, 0) is 25.0 Å². The van der Waals surface area contributed by atoms with Gasteiger partial charge in [-0.1, -0.05) is 17.3 Å². The minimum atomic E-state index is -0.941. The topological polar surface area (TPSA) is 60.2 Å². The molecule has 1 aromatic heterocycles. The second kappa shape index (κ2) is 4.90. The predicted octanol–water partition coefficient (Wildman–Crippen LogP) is 1.68. The molecule has 5 heteroatoms. The molecule has 0 saturated carbocycles. The molecular formula is C15H19N3O2. The van der Waals surface area contributed by atoms with Gasteiger partial charge in [0.2, 0.25) is 0 Å². The molecule has 0 unspecified atom stereocenters. The van der Waals surface area contributed by atoms with Gasteiger partial charge in [0.05, 0.1) is 12.8 Å². The highest BCUT2D eigenvalue weighted by atomic mass is 16.5. The minimum Gasteiger partial charge on any atom is -0.493 e. The van der Waals surface area contributed by atoms with E-state index in [1.165, 1.54) is 11.1 Å². The first-order valence-electron chi connectivity index (χ1n) is 6.90. The van der Waals surface area contributed by atoms with Crippen LogP contribution < -0.4 is 4.74 Å². The fraction of sp³-hybridized carbons (Fsp3) is 0.467. The van der Waals surface area contributed by atoms with E-state index >= 15 is 0 Å². The first-order chi connectivity index (χ1) is 9.52. The van der Waals surface area contributed by atoms with Crippen LogP contribution in [0.3, 0.4) is 0 Å². The van der Waals surface area contributed by atoms with Gasteiger partial charge in [-0.2, -0.15) is 0 Å². The van der Waals surface area contributed by atoms with Gasteiger partial charge in [-0.3, -0.25) is 4.68 Å². The van der Waals surface area contributed by atoms with Crippen LogP contribution in [0.25, 0.3) is 0 Å². The number of rotatable bonds is 4. The Morgan fingerprint density at radius 1 is 1.40 bits per heavy atom. The molecule has 0 aliphatic carbocycles. The Kier molecular flexibility index (Phi) is 3.22. The van der Waals surface area contributed by atoms with Gasteiger partial charge in [-0.25, -0.2) is 0 Å². The van der Waals surface area contributed by atoms with Gasteiger partial charge in [0.15, 0.2) is 0 Å². The normalized spacial score (nSPS) is 14.2. The molecule has 1 aliphatic rings. The Bertz CT molecular complexity index is 614. The number of aliphatic hydroxyl groups is 1. The Morgan fingerprint density at radius 2 is 2.25 bits per heavy atom. The van der Waals surface area contributed by atoms with Gasteiger partial charge in [0.1, 0.15) is 17.0 Å². The summed E-state index contributed by atoms with van der Waals surface area (Å²) in [6.45, 7) is 4.96. The van der Waals surface area contributed by atoms with Crippen molar-refractivity contribution in [3.05, 3.63) is 41.2 Å². The fourth-order valence-corrected chi connectivity index (χ4v) is 2.33. The summed E-state index contributed by atoms with van der Waals surface area (Å²) in [5, 5.41) is 17.9. The molecule has 0 atom stereocenters. The standard InChI is InChI=1S/C15H19N3O2/c1-15(2,19)14-10-18(17-16-14)7-5-11-3-4-13-12(9-11)6-8-20-13/h3-4,9-10,19H,5-8H2,1-2H3. The first-order valence-corrected chi connectivity index (χ1v) is 6.90. The van der Waals surface area contributed by atoms with Crippen molar-refractivity contribution in [3.8, 4) is 5.75 Å². The van der Waals surface area contributed by atoms with Crippen LogP contribution in [0.2, 0.25) is 0 Å². The van der Waals surface area contributed by atoms with E-state index in [0.717, 1.165) is 31.7 Å². The molecule has 1 N–H and O–H groups in total. The van der Waals surface area contributed by atoms with Crippen LogP contribution in [0, 0.1) is 0 Å². The average molecular weight is 273 g/mol. The smallest absolute Gasteiger partial charge is 0.122 e. The lowest BCUT2D eigenvalue weighted by Crippen LogP contribution is -2.15. The predicted molar refractivity (Wildman–Crippen MR) is 74.6 cm³/mol. The number of nitrogens with zero attached hydrogens (tertiary/aromatic N) is 3. The molecule has 0 fully saturated rings. The van der Waals surface area contributed by atoms with E-state index < -0.39 is 5.60 Å². The lowest BCUT2D eigenvalue weighted by atomic mass is 10.1. The Morgan fingerprint density at radius 3 is 3.00 bits per heavy atom. The highest BCUT2D eigenvalue weighted by molar-refractivity contribution is 5.39. The molecule has 3 rings (SSSR count). The van der Waals surface area contributed by atoms with Crippen LogP contribution in [0.5, 0.6) is 5.75 Å². The maximum atomic E-state index is 9.86.